The summed E-state index contributed by atoms with van der Waals surface area (Å²) in [4.78, 5) is 37.5. The third-order valence-corrected chi connectivity index (χ3v) is 6.37. The standard InChI is InChI=1S/C17H25N3O4/c21-13-6-11(7-20(13)12-4-2-1-3-5-12)18-15(24)19-17-8-16(9-17,10-17)14(22)23/h11-12H,1-10H2,(H,22,23)(H2,18,19,24). The van der Waals surface area contributed by atoms with E-state index in [1.807, 2.05) is 4.90 Å². The van der Waals surface area contributed by atoms with Crippen LogP contribution in [0.2, 0.25) is 0 Å². The quantitative estimate of drug-likeness (QED) is 0.719. The summed E-state index contributed by atoms with van der Waals surface area (Å²) < 4.78 is 0. The van der Waals surface area contributed by atoms with Crippen molar-refractivity contribution in [3.63, 3.8) is 0 Å². The summed E-state index contributed by atoms with van der Waals surface area (Å²) in [7, 11) is 0. The number of nitrogens with one attached hydrogen (secondary N) is 2. The zero-order valence-corrected chi connectivity index (χ0v) is 13.8. The lowest BCUT2D eigenvalue weighted by Crippen LogP contribution is -2.77. The number of hydrogen-bond acceptors (Lipinski definition) is 3. The van der Waals surface area contributed by atoms with Crippen LogP contribution in [0, 0.1) is 5.41 Å². The molecule has 1 atom stereocenters. The molecule has 5 rings (SSSR count). The molecular weight excluding hydrogens is 310 g/mol. The molecule has 4 saturated carbocycles. The van der Waals surface area contributed by atoms with E-state index in [0.29, 0.717) is 38.3 Å². The zero-order chi connectivity index (χ0) is 16.9. The summed E-state index contributed by atoms with van der Waals surface area (Å²) in [5.74, 6) is -0.612. The van der Waals surface area contributed by atoms with E-state index >= 15 is 0 Å². The highest BCUT2D eigenvalue weighted by atomic mass is 16.4. The number of carbonyl (C=O) groups is 3. The number of rotatable bonds is 4. The number of aliphatic carboxylic acids is 1. The monoisotopic (exact) mass is 335 g/mol. The summed E-state index contributed by atoms with van der Waals surface area (Å²) in [5.41, 5.74) is -0.914. The zero-order valence-electron chi connectivity index (χ0n) is 13.8. The van der Waals surface area contributed by atoms with E-state index in [1.54, 1.807) is 0 Å². The van der Waals surface area contributed by atoms with Crippen LogP contribution in [0.5, 0.6) is 0 Å². The molecule has 132 valence electrons. The van der Waals surface area contributed by atoms with Gasteiger partial charge in [0.15, 0.2) is 0 Å². The maximum absolute atomic E-state index is 12.2. The first-order valence-corrected chi connectivity index (χ1v) is 9.03. The Morgan fingerprint density at radius 1 is 1.12 bits per heavy atom. The van der Waals surface area contributed by atoms with Crippen LogP contribution in [0.25, 0.3) is 0 Å². The SMILES string of the molecule is O=C(NC1CC(=O)N(C2CCCCC2)C1)NC12CC(C(=O)O)(C1)C2. The van der Waals surface area contributed by atoms with Crippen molar-refractivity contribution in [2.45, 2.75) is 75.4 Å². The first-order chi connectivity index (χ1) is 11.4. The van der Waals surface area contributed by atoms with E-state index < -0.39 is 11.4 Å². The molecule has 1 unspecified atom stereocenters. The van der Waals surface area contributed by atoms with E-state index in [4.69, 9.17) is 5.11 Å². The van der Waals surface area contributed by atoms with Gasteiger partial charge < -0.3 is 20.6 Å². The van der Waals surface area contributed by atoms with Crippen LogP contribution in [-0.2, 0) is 9.59 Å². The highest BCUT2D eigenvalue weighted by molar-refractivity contribution is 5.84. The lowest BCUT2D eigenvalue weighted by molar-refractivity contribution is -0.196. The van der Waals surface area contributed by atoms with E-state index in [9.17, 15) is 14.4 Å². The molecule has 1 heterocycles. The van der Waals surface area contributed by atoms with Crippen LogP contribution in [0.4, 0.5) is 4.79 Å². The first kappa shape index (κ1) is 15.7. The summed E-state index contributed by atoms with van der Waals surface area (Å²) in [6, 6.07) is -0.0636. The summed E-state index contributed by atoms with van der Waals surface area (Å²) in [5, 5.41) is 15.0. The molecule has 0 aromatic heterocycles. The third-order valence-electron chi connectivity index (χ3n) is 6.37. The summed E-state index contributed by atoms with van der Waals surface area (Å²) >= 11 is 0. The molecular formula is C17H25N3O4. The van der Waals surface area contributed by atoms with Crippen molar-refractivity contribution < 1.29 is 19.5 Å². The van der Waals surface area contributed by atoms with Crippen molar-refractivity contribution in [2.24, 2.45) is 5.41 Å². The van der Waals surface area contributed by atoms with Crippen molar-refractivity contribution >= 4 is 17.9 Å². The fraction of sp³-hybridized carbons (Fsp3) is 0.824. The number of nitrogens with zero attached hydrogens (tertiary/aromatic N) is 1. The molecule has 3 N–H and O–H groups in total. The van der Waals surface area contributed by atoms with Gasteiger partial charge in [0.05, 0.1) is 11.5 Å². The van der Waals surface area contributed by atoms with Crippen LogP contribution in [0.15, 0.2) is 0 Å². The highest BCUT2D eigenvalue weighted by Crippen LogP contribution is 2.67. The van der Waals surface area contributed by atoms with Crippen molar-refractivity contribution in [3.05, 3.63) is 0 Å². The molecule has 5 fully saturated rings. The highest BCUT2D eigenvalue weighted by Gasteiger charge is 2.72. The van der Waals surface area contributed by atoms with Gasteiger partial charge in [0.1, 0.15) is 0 Å². The van der Waals surface area contributed by atoms with Crippen LogP contribution in [0.1, 0.15) is 57.8 Å². The Labute approximate surface area is 141 Å². The Bertz CT molecular complexity index is 565. The second kappa shape index (κ2) is 5.36. The Morgan fingerprint density at radius 2 is 1.79 bits per heavy atom. The second-order valence-electron chi connectivity index (χ2n) is 8.23. The minimum atomic E-state index is -0.754. The van der Waals surface area contributed by atoms with E-state index in [-0.39, 0.29) is 23.5 Å². The first-order valence-electron chi connectivity index (χ1n) is 9.03. The fourth-order valence-corrected chi connectivity index (χ4v) is 5.18. The number of carboxylic acid groups (broad SMARTS) is 1. The lowest BCUT2D eigenvalue weighted by atomic mass is 9.39. The predicted octanol–water partition coefficient (Wildman–Crippen LogP) is 1.23. The smallest absolute Gasteiger partial charge is 0.315 e. The molecule has 1 aliphatic heterocycles. The summed E-state index contributed by atoms with van der Waals surface area (Å²) in [6.07, 6.45) is 7.72. The minimum absolute atomic E-state index is 0.139. The van der Waals surface area contributed by atoms with Crippen LogP contribution in [0.3, 0.4) is 0 Å². The maximum Gasteiger partial charge on any atom is 0.315 e. The van der Waals surface area contributed by atoms with Gasteiger partial charge in [-0.15, -0.1) is 0 Å². The van der Waals surface area contributed by atoms with Gasteiger partial charge in [-0.3, -0.25) is 9.59 Å². The Morgan fingerprint density at radius 3 is 2.42 bits per heavy atom. The van der Waals surface area contributed by atoms with E-state index in [2.05, 4.69) is 10.6 Å². The van der Waals surface area contributed by atoms with Crippen LogP contribution < -0.4 is 10.6 Å². The van der Waals surface area contributed by atoms with Gasteiger partial charge in [-0.05, 0) is 32.1 Å². The predicted molar refractivity (Wildman–Crippen MR) is 85.3 cm³/mol. The Kier molecular flexibility index (Phi) is 3.51. The van der Waals surface area contributed by atoms with E-state index in [0.717, 1.165) is 12.8 Å². The number of hydrogen-bond donors (Lipinski definition) is 3. The molecule has 5 aliphatic rings. The largest absolute Gasteiger partial charge is 0.481 e. The molecule has 0 radical (unpaired) electrons. The molecule has 2 bridgehead atoms. The molecule has 7 nitrogen and oxygen atoms in total. The second-order valence-corrected chi connectivity index (χ2v) is 8.23. The molecule has 0 spiro atoms. The summed E-state index contributed by atoms with van der Waals surface area (Å²) in [6.45, 7) is 0.600. The van der Waals surface area contributed by atoms with Crippen molar-refractivity contribution in [3.8, 4) is 0 Å². The topological polar surface area (TPSA) is 98.7 Å². The fourth-order valence-electron chi connectivity index (χ4n) is 5.18. The van der Waals surface area contributed by atoms with Gasteiger partial charge in [-0.2, -0.15) is 0 Å². The van der Waals surface area contributed by atoms with Crippen molar-refractivity contribution in [1.29, 1.82) is 0 Å². The van der Waals surface area contributed by atoms with Crippen LogP contribution >= 0.6 is 0 Å². The third kappa shape index (κ3) is 2.45. The number of carboxylic acids is 1. The number of amides is 3. The van der Waals surface area contributed by atoms with Crippen molar-refractivity contribution in [1.82, 2.24) is 15.5 Å². The van der Waals surface area contributed by atoms with Gasteiger partial charge >= 0.3 is 12.0 Å². The number of carbonyl (C=O) groups excluding carboxylic acids is 2. The lowest BCUT2D eigenvalue weighted by Gasteiger charge is -2.67. The average Bonchev–Trinajstić information content (AvgIpc) is 2.82. The number of likely N-dealkylation sites (tertiary alicyclic amines) is 1. The average molecular weight is 335 g/mol. The molecule has 0 aromatic carbocycles. The molecule has 0 aromatic rings. The minimum Gasteiger partial charge on any atom is -0.481 e. The van der Waals surface area contributed by atoms with E-state index in [1.165, 1.54) is 19.3 Å². The maximum atomic E-state index is 12.2. The number of urea groups is 1. The molecule has 1 saturated heterocycles. The van der Waals surface area contributed by atoms with Gasteiger partial charge in [0.2, 0.25) is 5.91 Å². The Hall–Kier alpha value is -1.79. The Balaban J connectivity index is 1.25. The normalized spacial score (nSPS) is 38.2. The van der Waals surface area contributed by atoms with Crippen LogP contribution in [-0.4, -0.2) is 52.1 Å². The van der Waals surface area contributed by atoms with Gasteiger partial charge in [0, 0.05) is 24.5 Å². The van der Waals surface area contributed by atoms with Gasteiger partial charge in [0.25, 0.3) is 0 Å². The molecule has 7 heteroatoms. The molecule has 4 aliphatic carbocycles. The van der Waals surface area contributed by atoms with Crippen molar-refractivity contribution in [2.75, 3.05) is 6.54 Å². The van der Waals surface area contributed by atoms with Gasteiger partial charge in [-0.1, -0.05) is 19.3 Å². The van der Waals surface area contributed by atoms with Gasteiger partial charge in [-0.25, -0.2) is 4.79 Å². The molecule has 24 heavy (non-hydrogen) atoms. The molecule has 3 amide bonds.